The van der Waals surface area contributed by atoms with Gasteiger partial charge in [0.1, 0.15) is 4.08 Å². The van der Waals surface area contributed by atoms with Crippen molar-refractivity contribution >= 4 is 29.4 Å². The molecule has 1 aliphatic rings. The Morgan fingerprint density at radius 1 is 1.59 bits per heavy atom. The topological polar surface area (TPSA) is 42.0 Å². The number of amides is 1. The summed E-state index contributed by atoms with van der Waals surface area (Å²) in [5, 5.41) is 3.71. The van der Waals surface area contributed by atoms with Crippen LogP contribution in [0.25, 0.3) is 0 Å². The Labute approximate surface area is 110 Å². The molecule has 2 rings (SSSR count). The average Bonchev–Trinajstić information content (AvgIpc) is 2.78. The number of hydrogen-bond donors (Lipinski definition) is 1. The molecule has 1 aliphatic heterocycles. The molecule has 1 amide bonds. The third-order valence-electron chi connectivity index (χ3n) is 2.69. The van der Waals surface area contributed by atoms with Gasteiger partial charge < -0.3 is 5.32 Å². The second-order valence-corrected chi connectivity index (χ2v) is 6.97. The number of carbonyl (C=O) groups excluding carboxylic acids is 1. The van der Waals surface area contributed by atoms with Crippen LogP contribution in [0.15, 0.2) is 23.2 Å². The summed E-state index contributed by atoms with van der Waals surface area (Å²) in [5.74, 6) is 1.15. The first kappa shape index (κ1) is 12.8. The fourth-order valence-corrected chi connectivity index (χ4v) is 4.85. The maximum atomic E-state index is 12.0. The van der Waals surface area contributed by atoms with Gasteiger partial charge in [-0.2, -0.15) is 0 Å². The molecule has 3 nitrogen and oxygen atoms in total. The first-order valence-electron chi connectivity index (χ1n) is 5.65. The highest BCUT2D eigenvalue weighted by Gasteiger charge is 2.43. The zero-order chi connectivity index (χ0) is 12.3. The molecule has 0 aromatic carbocycles. The fraction of sp³-hybridized carbons (Fsp3) is 0.500. The Bertz CT molecular complexity index is 417. The van der Waals surface area contributed by atoms with E-state index >= 15 is 0 Å². The number of aryl methyl sites for hydroxylation is 1. The highest BCUT2D eigenvalue weighted by molar-refractivity contribution is 8.19. The first-order chi connectivity index (χ1) is 8.16. The molecule has 1 aromatic heterocycles. The van der Waals surface area contributed by atoms with Crippen LogP contribution in [0.1, 0.15) is 18.5 Å². The van der Waals surface area contributed by atoms with E-state index in [0.717, 1.165) is 29.3 Å². The maximum Gasteiger partial charge on any atom is 0.246 e. The standard InChI is InChI=1S/C12H16N2OS2/c1-9-5-3-6-10(14-9)17-12(11(15)13-2)7-4-8-16-12/h3,5-6H,4,7-8H2,1-2H3,(H,13,15). The SMILES string of the molecule is CNC(=O)C1(Sc2cccc(C)n2)CCCS1. The molecule has 17 heavy (non-hydrogen) atoms. The molecule has 1 saturated heterocycles. The quantitative estimate of drug-likeness (QED) is 0.914. The van der Waals surface area contributed by atoms with E-state index < -0.39 is 0 Å². The van der Waals surface area contributed by atoms with Crippen LogP contribution in [-0.2, 0) is 4.79 Å². The minimum absolute atomic E-state index is 0.105. The zero-order valence-corrected chi connectivity index (χ0v) is 11.7. The van der Waals surface area contributed by atoms with Crippen LogP contribution in [0, 0.1) is 6.92 Å². The Hall–Kier alpha value is -0.680. The van der Waals surface area contributed by atoms with Gasteiger partial charge in [-0.15, -0.1) is 11.8 Å². The van der Waals surface area contributed by atoms with E-state index in [1.54, 1.807) is 30.6 Å². The number of hydrogen-bond acceptors (Lipinski definition) is 4. The van der Waals surface area contributed by atoms with Crippen molar-refractivity contribution in [3.63, 3.8) is 0 Å². The van der Waals surface area contributed by atoms with Gasteiger partial charge >= 0.3 is 0 Å². The third kappa shape index (κ3) is 2.77. The van der Waals surface area contributed by atoms with Crippen molar-refractivity contribution in [1.29, 1.82) is 0 Å². The van der Waals surface area contributed by atoms with Gasteiger partial charge in [0.25, 0.3) is 0 Å². The van der Waals surface area contributed by atoms with Crippen molar-refractivity contribution in [1.82, 2.24) is 10.3 Å². The summed E-state index contributed by atoms with van der Waals surface area (Å²) >= 11 is 3.32. The van der Waals surface area contributed by atoms with Crippen molar-refractivity contribution in [3.8, 4) is 0 Å². The monoisotopic (exact) mass is 268 g/mol. The molecular formula is C12H16N2OS2. The smallest absolute Gasteiger partial charge is 0.246 e. The van der Waals surface area contributed by atoms with Gasteiger partial charge in [-0.1, -0.05) is 17.8 Å². The minimum atomic E-state index is -0.379. The van der Waals surface area contributed by atoms with Crippen LogP contribution in [0.3, 0.4) is 0 Å². The third-order valence-corrected chi connectivity index (χ3v) is 5.80. The van der Waals surface area contributed by atoms with Gasteiger partial charge in [-0.3, -0.25) is 4.79 Å². The number of carbonyl (C=O) groups is 1. The first-order valence-corrected chi connectivity index (χ1v) is 7.45. The number of rotatable bonds is 3. The van der Waals surface area contributed by atoms with E-state index in [-0.39, 0.29) is 9.99 Å². The van der Waals surface area contributed by atoms with Crippen molar-refractivity contribution in [2.24, 2.45) is 0 Å². The molecule has 1 fully saturated rings. The van der Waals surface area contributed by atoms with Gasteiger partial charge in [0.05, 0.1) is 5.03 Å². The molecule has 1 N–H and O–H groups in total. The Balaban J connectivity index is 2.21. The minimum Gasteiger partial charge on any atom is -0.357 e. The van der Waals surface area contributed by atoms with E-state index in [0.29, 0.717) is 0 Å². The zero-order valence-electron chi connectivity index (χ0n) is 10.0. The number of nitrogens with one attached hydrogen (secondary N) is 1. The van der Waals surface area contributed by atoms with Crippen LogP contribution in [0.2, 0.25) is 0 Å². The molecule has 0 radical (unpaired) electrons. The lowest BCUT2D eigenvalue weighted by atomic mass is 10.2. The van der Waals surface area contributed by atoms with E-state index in [1.807, 2.05) is 25.1 Å². The summed E-state index contributed by atoms with van der Waals surface area (Å²) < 4.78 is -0.379. The molecule has 1 unspecified atom stereocenters. The highest BCUT2D eigenvalue weighted by Crippen LogP contribution is 2.49. The van der Waals surface area contributed by atoms with Crippen molar-refractivity contribution < 1.29 is 4.79 Å². The van der Waals surface area contributed by atoms with Gasteiger partial charge in [-0.05, 0) is 37.7 Å². The summed E-state index contributed by atoms with van der Waals surface area (Å²) in [7, 11) is 1.70. The van der Waals surface area contributed by atoms with Crippen LogP contribution in [-0.4, -0.2) is 27.8 Å². The second kappa shape index (κ2) is 5.31. The normalized spacial score (nSPS) is 23.6. The van der Waals surface area contributed by atoms with E-state index in [2.05, 4.69) is 10.3 Å². The predicted octanol–water partition coefficient (Wildman–Crippen LogP) is 2.45. The van der Waals surface area contributed by atoms with Gasteiger partial charge in [0.2, 0.25) is 5.91 Å². The average molecular weight is 268 g/mol. The Morgan fingerprint density at radius 2 is 2.41 bits per heavy atom. The molecule has 0 aliphatic carbocycles. The van der Waals surface area contributed by atoms with E-state index in [1.165, 1.54) is 0 Å². The molecule has 5 heteroatoms. The summed E-state index contributed by atoms with van der Waals surface area (Å²) in [6.07, 6.45) is 2.01. The predicted molar refractivity (Wildman–Crippen MR) is 73.3 cm³/mol. The molecule has 0 spiro atoms. The van der Waals surface area contributed by atoms with Crippen LogP contribution >= 0.6 is 23.5 Å². The maximum absolute atomic E-state index is 12.0. The number of pyridine rings is 1. The number of thioether (sulfide) groups is 2. The van der Waals surface area contributed by atoms with E-state index in [4.69, 9.17) is 0 Å². The highest BCUT2D eigenvalue weighted by atomic mass is 32.2. The van der Waals surface area contributed by atoms with Crippen molar-refractivity contribution in [2.75, 3.05) is 12.8 Å². The molecule has 2 heterocycles. The number of aromatic nitrogens is 1. The van der Waals surface area contributed by atoms with Crippen LogP contribution in [0.5, 0.6) is 0 Å². The lowest BCUT2D eigenvalue weighted by Gasteiger charge is -2.24. The van der Waals surface area contributed by atoms with Gasteiger partial charge in [0, 0.05) is 12.7 Å². The van der Waals surface area contributed by atoms with Crippen molar-refractivity contribution in [3.05, 3.63) is 23.9 Å². The van der Waals surface area contributed by atoms with Gasteiger partial charge in [0.15, 0.2) is 0 Å². The molecule has 1 aromatic rings. The molecule has 1 atom stereocenters. The number of nitrogens with zero attached hydrogens (tertiary/aromatic N) is 1. The summed E-state index contributed by atoms with van der Waals surface area (Å²) in [6.45, 7) is 1.97. The molecule has 92 valence electrons. The fourth-order valence-electron chi connectivity index (χ4n) is 1.85. The second-order valence-electron chi connectivity index (χ2n) is 4.00. The van der Waals surface area contributed by atoms with E-state index in [9.17, 15) is 4.79 Å². The summed E-state index contributed by atoms with van der Waals surface area (Å²) in [4.78, 5) is 16.5. The Kier molecular flexibility index (Phi) is 3.99. The van der Waals surface area contributed by atoms with Crippen LogP contribution in [0.4, 0.5) is 0 Å². The van der Waals surface area contributed by atoms with Gasteiger partial charge in [-0.25, -0.2) is 4.98 Å². The largest absolute Gasteiger partial charge is 0.357 e. The summed E-state index contributed by atoms with van der Waals surface area (Å²) in [6, 6.07) is 5.93. The lowest BCUT2D eigenvalue weighted by molar-refractivity contribution is -0.120. The molecule has 0 bridgehead atoms. The summed E-state index contributed by atoms with van der Waals surface area (Å²) in [5.41, 5.74) is 0.991. The molecule has 0 saturated carbocycles. The molecular weight excluding hydrogens is 252 g/mol. The Morgan fingerprint density at radius 3 is 3.00 bits per heavy atom. The lowest BCUT2D eigenvalue weighted by Crippen LogP contribution is -2.38. The van der Waals surface area contributed by atoms with Crippen molar-refractivity contribution in [2.45, 2.75) is 28.9 Å². The van der Waals surface area contributed by atoms with Crippen LogP contribution < -0.4 is 5.32 Å².